The smallest absolute Gasteiger partial charge is 0.253 e. The summed E-state index contributed by atoms with van der Waals surface area (Å²) in [7, 11) is 1.95. The molecule has 2 amide bonds. The minimum atomic E-state index is -0.0448. The van der Waals surface area contributed by atoms with Gasteiger partial charge >= 0.3 is 0 Å². The number of carbonyl (C=O) groups is 2. The fourth-order valence-corrected chi connectivity index (χ4v) is 2.87. The van der Waals surface area contributed by atoms with Crippen LogP contribution in [-0.4, -0.2) is 43.4 Å². The van der Waals surface area contributed by atoms with Crippen molar-refractivity contribution in [3.63, 3.8) is 0 Å². The largest absolute Gasteiger partial charge is 0.338 e. The van der Waals surface area contributed by atoms with Gasteiger partial charge in [0.25, 0.3) is 5.91 Å². The summed E-state index contributed by atoms with van der Waals surface area (Å²) < 4.78 is 0. The van der Waals surface area contributed by atoms with Crippen LogP contribution in [0.25, 0.3) is 0 Å². The second-order valence-corrected chi connectivity index (χ2v) is 5.80. The van der Waals surface area contributed by atoms with Crippen molar-refractivity contribution in [2.75, 3.05) is 32.0 Å². The van der Waals surface area contributed by atoms with Crippen LogP contribution in [0.4, 0.5) is 5.69 Å². The highest BCUT2D eigenvalue weighted by atomic mass is 35.5. The Kier molecular flexibility index (Phi) is 8.06. The van der Waals surface area contributed by atoms with Crippen molar-refractivity contribution in [1.82, 2.24) is 10.2 Å². The van der Waals surface area contributed by atoms with Gasteiger partial charge in [-0.3, -0.25) is 9.59 Å². The molecule has 1 aromatic rings. The number of amides is 2. The van der Waals surface area contributed by atoms with Crippen LogP contribution in [0.1, 0.15) is 36.5 Å². The molecule has 1 saturated heterocycles. The Morgan fingerprint density at radius 2 is 2.13 bits per heavy atom. The molecule has 23 heavy (non-hydrogen) atoms. The van der Waals surface area contributed by atoms with Gasteiger partial charge in [0.1, 0.15) is 0 Å². The maximum absolute atomic E-state index is 12.6. The van der Waals surface area contributed by atoms with Gasteiger partial charge in [-0.15, -0.1) is 12.4 Å². The van der Waals surface area contributed by atoms with E-state index in [1.54, 1.807) is 13.0 Å². The first kappa shape index (κ1) is 19.5. The maximum Gasteiger partial charge on any atom is 0.253 e. The molecule has 1 aliphatic rings. The third-order valence-corrected chi connectivity index (χ3v) is 4.01. The number of halogens is 1. The molecule has 1 unspecified atom stereocenters. The number of nitrogens with zero attached hydrogens (tertiary/aromatic N) is 1. The molecule has 0 aromatic heterocycles. The van der Waals surface area contributed by atoms with Crippen LogP contribution in [0.5, 0.6) is 0 Å². The number of piperidine rings is 1. The van der Waals surface area contributed by atoms with E-state index in [-0.39, 0.29) is 24.2 Å². The van der Waals surface area contributed by atoms with E-state index in [4.69, 9.17) is 0 Å². The van der Waals surface area contributed by atoms with Crippen molar-refractivity contribution in [3.8, 4) is 0 Å². The average molecular weight is 340 g/mol. The Morgan fingerprint density at radius 3 is 2.83 bits per heavy atom. The monoisotopic (exact) mass is 339 g/mol. The lowest BCUT2D eigenvalue weighted by molar-refractivity contribution is -0.115. The van der Waals surface area contributed by atoms with E-state index in [0.717, 1.165) is 32.5 Å². The van der Waals surface area contributed by atoms with Gasteiger partial charge in [-0.2, -0.15) is 0 Å². The molecule has 5 nitrogen and oxygen atoms in total. The van der Waals surface area contributed by atoms with Gasteiger partial charge in [-0.05, 0) is 50.6 Å². The number of likely N-dealkylation sites (tertiary alicyclic amines) is 1. The number of rotatable bonds is 5. The van der Waals surface area contributed by atoms with Gasteiger partial charge in [0.2, 0.25) is 5.91 Å². The summed E-state index contributed by atoms with van der Waals surface area (Å²) in [6.45, 7) is 4.35. The predicted molar refractivity (Wildman–Crippen MR) is 95.2 cm³/mol. The van der Waals surface area contributed by atoms with Crippen molar-refractivity contribution >= 4 is 29.9 Å². The van der Waals surface area contributed by atoms with Gasteiger partial charge in [-0.25, -0.2) is 0 Å². The number of nitrogens with one attached hydrogen (secondary N) is 2. The number of hydrogen-bond donors (Lipinski definition) is 2. The summed E-state index contributed by atoms with van der Waals surface area (Å²) in [4.78, 5) is 26.0. The Bertz CT molecular complexity index is 534. The minimum Gasteiger partial charge on any atom is -0.338 e. The Hall–Kier alpha value is -1.59. The number of hydrogen-bond acceptors (Lipinski definition) is 3. The molecule has 0 aliphatic carbocycles. The molecule has 0 bridgehead atoms. The van der Waals surface area contributed by atoms with Crippen LogP contribution in [-0.2, 0) is 4.79 Å². The van der Waals surface area contributed by atoms with E-state index in [0.29, 0.717) is 23.6 Å². The Morgan fingerprint density at radius 1 is 1.35 bits per heavy atom. The fraction of sp³-hybridized carbons (Fsp3) is 0.529. The highest BCUT2D eigenvalue weighted by Gasteiger charge is 2.24. The van der Waals surface area contributed by atoms with Gasteiger partial charge < -0.3 is 15.5 Å². The molecular formula is C17H26ClN3O2. The molecule has 1 atom stereocenters. The van der Waals surface area contributed by atoms with Gasteiger partial charge in [0, 0.05) is 30.8 Å². The van der Waals surface area contributed by atoms with Crippen LogP contribution >= 0.6 is 12.4 Å². The molecular weight excluding hydrogens is 314 g/mol. The Balaban J connectivity index is 0.00000264. The lowest BCUT2D eigenvalue weighted by atomic mass is 9.97. The molecule has 2 rings (SSSR count). The molecule has 1 heterocycles. The first-order valence-electron chi connectivity index (χ1n) is 7.97. The van der Waals surface area contributed by atoms with E-state index in [1.807, 2.05) is 30.1 Å². The summed E-state index contributed by atoms with van der Waals surface area (Å²) in [5, 5.41) is 5.99. The second-order valence-electron chi connectivity index (χ2n) is 5.80. The van der Waals surface area contributed by atoms with Gasteiger partial charge in [0.15, 0.2) is 0 Å². The lowest BCUT2D eigenvalue weighted by Crippen LogP contribution is -2.42. The minimum absolute atomic E-state index is 0. The second kappa shape index (κ2) is 9.53. The van der Waals surface area contributed by atoms with Crippen LogP contribution in [0.2, 0.25) is 0 Å². The van der Waals surface area contributed by atoms with Crippen molar-refractivity contribution in [2.45, 2.75) is 26.2 Å². The Labute approximate surface area is 144 Å². The van der Waals surface area contributed by atoms with E-state index < -0.39 is 0 Å². The maximum atomic E-state index is 12.6. The number of carbonyl (C=O) groups excluding carboxylic acids is 2. The molecule has 0 radical (unpaired) electrons. The normalized spacial score (nSPS) is 17.3. The van der Waals surface area contributed by atoms with Crippen molar-refractivity contribution < 1.29 is 9.59 Å². The van der Waals surface area contributed by atoms with E-state index in [9.17, 15) is 9.59 Å². The summed E-state index contributed by atoms with van der Waals surface area (Å²) >= 11 is 0. The van der Waals surface area contributed by atoms with Crippen LogP contribution in [0.15, 0.2) is 24.3 Å². The van der Waals surface area contributed by atoms with Gasteiger partial charge in [-0.1, -0.05) is 13.0 Å². The molecule has 2 N–H and O–H groups in total. The van der Waals surface area contributed by atoms with Crippen LogP contribution in [0.3, 0.4) is 0 Å². The van der Waals surface area contributed by atoms with E-state index in [2.05, 4.69) is 10.6 Å². The lowest BCUT2D eigenvalue weighted by Gasteiger charge is -2.32. The fourth-order valence-electron chi connectivity index (χ4n) is 2.87. The summed E-state index contributed by atoms with van der Waals surface area (Å²) in [6.07, 6.45) is 2.64. The summed E-state index contributed by atoms with van der Waals surface area (Å²) in [6, 6.07) is 7.20. The van der Waals surface area contributed by atoms with Crippen molar-refractivity contribution in [2.24, 2.45) is 5.92 Å². The predicted octanol–water partition coefficient (Wildman–Crippen LogP) is 2.53. The number of benzene rings is 1. The number of anilines is 1. The van der Waals surface area contributed by atoms with Crippen LogP contribution < -0.4 is 10.6 Å². The van der Waals surface area contributed by atoms with Crippen LogP contribution in [0, 0.1) is 5.92 Å². The summed E-state index contributed by atoms with van der Waals surface area (Å²) in [5.41, 5.74) is 1.32. The van der Waals surface area contributed by atoms with E-state index >= 15 is 0 Å². The highest BCUT2D eigenvalue weighted by Crippen LogP contribution is 2.19. The summed E-state index contributed by atoms with van der Waals surface area (Å²) in [5.74, 6) is 0.524. The average Bonchev–Trinajstić information content (AvgIpc) is 2.55. The zero-order valence-corrected chi connectivity index (χ0v) is 14.6. The van der Waals surface area contributed by atoms with E-state index in [1.165, 1.54) is 0 Å². The zero-order valence-electron chi connectivity index (χ0n) is 13.8. The molecule has 1 aliphatic heterocycles. The molecule has 1 fully saturated rings. The highest BCUT2D eigenvalue weighted by molar-refractivity contribution is 5.97. The first-order chi connectivity index (χ1) is 10.6. The molecule has 0 saturated carbocycles. The van der Waals surface area contributed by atoms with Gasteiger partial charge in [0.05, 0.1) is 0 Å². The molecule has 1 aromatic carbocycles. The standard InChI is InChI=1S/C17H25N3O2.ClH/c1-3-16(21)19-15-8-4-7-14(10-15)17(22)20-9-5-6-13(12-20)11-18-2;/h4,7-8,10,13,18H,3,5-6,9,11-12H2,1-2H3,(H,19,21);1H. The third-order valence-electron chi connectivity index (χ3n) is 4.01. The van der Waals surface area contributed by atoms with Crippen molar-refractivity contribution in [1.29, 1.82) is 0 Å². The SMILES string of the molecule is CCC(=O)Nc1cccc(C(=O)N2CCCC(CNC)C2)c1.Cl. The third kappa shape index (κ3) is 5.52. The molecule has 6 heteroatoms. The first-order valence-corrected chi connectivity index (χ1v) is 7.97. The molecule has 128 valence electrons. The molecule has 0 spiro atoms. The quantitative estimate of drug-likeness (QED) is 0.866. The zero-order chi connectivity index (χ0) is 15.9. The topological polar surface area (TPSA) is 61.4 Å². The van der Waals surface area contributed by atoms with Crippen molar-refractivity contribution in [3.05, 3.63) is 29.8 Å².